The first kappa shape index (κ1) is 24.8. The summed E-state index contributed by atoms with van der Waals surface area (Å²) in [5, 5.41) is 2.54. The van der Waals surface area contributed by atoms with E-state index in [0.29, 0.717) is 24.7 Å². The van der Waals surface area contributed by atoms with Gasteiger partial charge in [0.25, 0.3) is 0 Å². The molecule has 1 rings (SSSR count). The van der Waals surface area contributed by atoms with Gasteiger partial charge >= 0.3 is 12.1 Å². The normalized spacial score (nSPS) is 12.0. The highest BCUT2D eigenvalue weighted by atomic mass is 32.2. The minimum absolute atomic E-state index is 0.337. The quantitative estimate of drug-likeness (QED) is 0.429. The van der Waals surface area contributed by atoms with Gasteiger partial charge in [0, 0.05) is 11.5 Å². The second-order valence-electron chi connectivity index (χ2n) is 7.33. The number of carbonyl (C=O) groups is 2. The van der Waals surface area contributed by atoms with Crippen molar-refractivity contribution < 1.29 is 28.5 Å². The van der Waals surface area contributed by atoms with Gasteiger partial charge in [-0.3, -0.25) is 0 Å². The zero-order valence-corrected chi connectivity index (χ0v) is 18.6. The van der Waals surface area contributed by atoms with Gasteiger partial charge in [-0.05, 0) is 44.0 Å². The van der Waals surface area contributed by atoms with Crippen LogP contribution in [0, 0.1) is 0 Å². The number of ether oxygens (including phenoxy) is 4. The van der Waals surface area contributed by atoms with Crippen LogP contribution in [-0.2, 0) is 25.6 Å². The highest BCUT2D eigenvalue weighted by Crippen LogP contribution is 2.14. The molecule has 7 nitrogen and oxygen atoms in total. The standard InChI is InChI=1S/C21H31NO6S/c1-15(11-27-12-16-7-9-17(25-5)10-8-16)13-29-14-18(19(23)26-6)22-20(24)28-21(2,3)4/h7-10,18H,1,11-14H2,2-6H3,(H,22,24)/t18-/m0/s1. The molecule has 0 spiro atoms. The second-order valence-corrected chi connectivity index (χ2v) is 8.36. The number of methoxy groups -OCH3 is 2. The van der Waals surface area contributed by atoms with Crippen molar-refractivity contribution in [3.05, 3.63) is 42.0 Å². The molecular weight excluding hydrogens is 394 g/mol. The minimum atomic E-state index is -0.798. The molecule has 0 unspecified atom stereocenters. The maximum absolute atomic E-state index is 11.9. The Morgan fingerprint density at radius 2 is 1.83 bits per heavy atom. The van der Waals surface area contributed by atoms with E-state index in [-0.39, 0.29) is 0 Å². The molecule has 0 aliphatic rings. The summed E-state index contributed by atoms with van der Waals surface area (Å²) in [6.45, 7) is 10.1. The molecule has 29 heavy (non-hydrogen) atoms. The highest BCUT2D eigenvalue weighted by Gasteiger charge is 2.25. The lowest BCUT2D eigenvalue weighted by Crippen LogP contribution is -2.45. The van der Waals surface area contributed by atoms with Crippen LogP contribution >= 0.6 is 11.8 Å². The molecule has 0 radical (unpaired) electrons. The first-order valence-corrected chi connectivity index (χ1v) is 10.3. The summed E-state index contributed by atoms with van der Waals surface area (Å²) in [6, 6.07) is 6.86. The zero-order valence-electron chi connectivity index (χ0n) is 17.8. The highest BCUT2D eigenvalue weighted by molar-refractivity contribution is 7.99. The number of esters is 1. The van der Waals surface area contributed by atoms with Crippen LogP contribution in [0.2, 0.25) is 0 Å². The van der Waals surface area contributed by atoms with Crippen molar-refractivity contribution in [1.29, 1.82) is 0 Å². The van der Waals surface area contributed by atoms with Crippen LogP contribution in [0.4, 0.5) is 4.79 Å². The number of hydrogen-bond acceptors (Lipinski definition) is 7. The van der Waals surface area contributed by atoms with E-state index < -0.39 is 23.7 Å². The lowest BCUT2D eigenvalue weighted by atomic mass is 10.2. The largest absolute Gasteiger partial charge is 0.497 e. The molecule has 0 bridgehead atoms. The van der Waals surface area contributed by atoms with Crippen molar-refractivity contribution in [2.45, 2.75) is 39.0 Å². The van der Waals surface area contributed by atoms with Crippen molar-refractivity contribution in [2.24, 2.45) is 0 Å². The van der Waals surface area contributed by atoms with Crippen molar-refractivity contribution in [2.75, 3.05) is 32.3 Å². The van der Waals surface area contributed by atoms with E-state index >= 15 is 0 Å². The molecule has 0 aliphatic heterocycles. The Morgan fingerprint density at radius 3 is 2.38 bits per heavy atom. The van der Waals surface area contributed by atoms with E-state index in [2.05, 4.69) is 11.9 Å². The van der Waals surface area contributed by atoms with E-state index in [1.54, 1.807) is 27.9 Å². The molecule has 1 aromatic carbocycles. The number of hydrogen-bond donors (Lipinski definition) is 1. The average molecular weight is 426 g/mol. The zero-order chi connectivity index (χ0) is 21.9. The molecule has 0 aromatic heterocycles. The van der Waals surface area contributed by atoms with Crippen molar-refractivity contribution in [3.8, 4) is 5.75 Å². The van der Waals surface area contributed by atoms with Gasteiger partial charge < -0.3 is 24.3 Å². The van der Waals surface area contributed by atoms with Gasteiger partial charge in [0.15, 0.2) is 0 Å². The predicted molar refractivity (Wildman–Crippen MR) is 114 cm³/mol. The molecule has 0 fully saturated rings. The maximum Gasteiger partial charge on any atom is 0.408 e. The number of alkyl carbamates (subject to hydrolysis) is 1. The van der Waals surface area contributed by atoms with Crippen LogP contribution in [-0.4, -0.2) is 56.0 Å². The van der Waals surface area contributed by atoms with E-state index in [9.17, 15) is 9.59 Å². The third kappa shape index (κ3) is 10.8. The summed E-state index contributed by atoms with van der Waals surface area (Å²) in [5.74, 6) is 1.20. The van der Waals surface area contributed by atoms with E-state index in [1.807, 2.05) is 24.3 Å². The number of nitrogens with one attached hydrogen (secondary N) is 1. The third-order valence-electron chi connectivity index (χ3n) is 3.50. The number of rotatable bonds is 11. The number of benzene rings is 1. The van der Waals surface area contributed by atoms with E-state index in [0.717, 1.165) is 16.9 Å². The third-order valence-corrected chi connectivity index (χ3v) is 4.68. The van der Waals surface area contributed by atoms with Crippen molar-refractivity contribution in [3.63, 3.8) is 0 Å². The van der Waals surface area contributed by atoms with Crippen LogP contribution in [0.5, 0.6) is 5.75 Å². The summed E-state index contributed by atoms with van der Waals surface area (Å²) in [4.78, 5) is 23.8. The summed E-state index contributed by atoms with van der Waals surface area (Å²) >= 11 is 1.46. The summed E-state index contributed by atoms with van der Waals surface area (Å²) in [6.07, 6.45) is -0.657. The summed E-state index contributed by atoms with van der Waals surface area (Å²) in [5.41, 5.74) is 1.27. The molecule has 0 heterocycles. The molecule has 1 N–H and O–H groups in total. The molecule has 162 valence electrons. The number of carbonyl (C=O) groups excluding carboxylic acids is 2. The van der Waals surface area contributed by atoms with Crippen LogP contribution in [0.1, 0.15) is 26.3 Å². The molecule has 1 amide bonds. The fraction of sp³-hybridized carbons (Fsp3) is 0.524. The van der Waals surface area contributed by atoms with E-state index in [1.165, 1.54) is 18.9 Å². The minimum Gasteiger partial charge on any atom is -0.497 e. The Balaban J connectivity index is 2.35. The average Bonchev–Trinajstić information content (AvgIpc) is 2.65. The molecule has 0 saturated carbocycles. The van der Waals surface area contributed by atoms with Gasteiger partial charge in [-0.1, -0.05) is 18.7 Å². The molecule has 1 atom stereocenters. The Morgan fingerprint density at radius 1 is 1.17 bits per heavy atom. The Kier molecular flexibility index (Phi) is 10.6. The predicted octanol–water partition coefficient (Wildman–Crippen LogP) is 3.57. The van der Waals surface area contributed by atoms with Crippen LogP contribution < -0.4 is 10.1 Å². The lowest BCUT2D eigenvalue weighted by molar-refractivity contribution is -0.142. The van der Waals surface area contributed by atoms with Gasteiger partial charge in [-0.25, -0.2) is 9.59 Å². The van der Waals surface area contributed by atoms with Crippen molar-refractivity contribution >= 4 is 23.8 Å². The fourth-order valence-corrected chi connectivity index (χ4v) is 3.10. The number of thioether (sulfide) groups is 1. The Labute approximate surface area is 177 Å². The van der Waals surface area contributed by atoms with Crippen LogP contribution in [0.25, 0.3) is 0 Å². The topological polar surface area (TPSA) is 83.1 Å². The molecule has 0 saturated heterocycles. The first-order valence-electron chi connectivity index (χ1n) is 9.17. The SMILES string of the molecule is C=C(COCc1ccc(OC)cc1)CSC[C@H](NC(=O)OC(C)(C)C)C(=O)OC. The van der Waals surface area contributed by atoms with Gasteiger partial charge in [-0.15, -0.1) is 0 Å². The molecule has 1 aromatic rings. The van der Waals surface area contributed by atoms with Gasteiger partial charge in [0.1, 0.15) is 17.4 Å². The van der Waals surface area contributed by atoms with Gasteiger partial charge in [-0.2, -0.15) is 11.8 Å². The Bertz CT molecular complexity index is 669. The van der Waals surface area contributed by atoms with Gasteiger partial charge in [0.2, 0.25) is 0 Å². The maximum atomic E-state index is 11.9. The smallest absolute Gasteiger partial charge is 0.408 e. The van der Waals surface area contributed by atoms with Gasteiger partial charge in [0.05, 0.1) is 27.4 Å². The van der Waals surface area contributed by atoms with Crippen molar-refractivity contribution in [1.82, 2.24) is 5.32 Å². The Hall–Kier alpha value is -2.19. The number of amides is 1. The summed E-state index contributed by atoms with van der Waals surface area (Å²) < 4.78 is 20.7. The monoisotopic (exact) mass is 425 g/mol. The first-order chi connectivity index (χ1) is 13.6. The van der Waals surface area contributed by atoms with Crippen LogP contribution in [0.15, 0.2) is 36.4 Å². The molecule has 0 aliphatic carbocycles. The molecular formula is C21H31NO6S. The van der Waals surface area contributed by atoms with E-state index in [4.69, 9.17) is 18.9 Å². The fourth-order valence-electron chi connectivity index (χ4n) is 2.16. The summed E-state index contributed by atoms with van der Waals surface area (Å²) in [7, 11) is 2.91. The molecule has 8 heteroatoms. The lowest BCUT2D eigenvalue weighted by Gasteiger charge is -2.22. The second kappa shape index (κ2) is 12.4. The van der Waals surface area contributed by atoms with Crippen LogP contribution in [0.3, 0.4) is 0 Å².